The highest BCUT2D eigenvalue weighted by atomic mass is 35.5. The highest BCUT2D eigenvalue weighted by molar-refractivity contribution is 6.32. The van der Waals surface area contributed by atoms with Crippen LogP contribution in [0.25, 0.3) is 0 Å². The SMILES string of the molecule is COc1ccc(NC(=O)OC(C)(C)C)c(OCCCN(Cc2cccc(C(F)(F)F)c2Cl)CC(c2ccccc2)c2ccccc2)c1. The Bertz CT molecular complexity index is 1560. The first kappa shape index (κ1) is 35.6. The summed E-state index contributed by atoms with van der Waals surface area (Å²) >= 11 is 6.35. The van der Waals surface area contributed by atoms with Crippen LogP contribution in [0.5, 0.6) is 11.5 Å². The van der Waals surface area contributed by atoms with Crippen molar-refractivity contribution in [1.29, 1.82) is 0 Å². The van der Waals surface area contributed by atoms with Crippen LogP contribution >= 0.6 is 11.6 Å². The van der Waals surface area contributed by atoms with E-state index >= 15 is 0 Å². The van der Waals surface area contributed by atoms with Crippen molar-refractivity contribution in [3.63, 3.8) is 0 Å². The van der Waals surface area contributed by atoms with Gasteiger partial charge in [-0.05, 0) is 62.1 Å². The summed E-state index contributed by atoms with van der Waals surface area (Å²) in [5.74, 6) is 0.893. The molecule has 0 heterocycles. The maximum atomic E-state index is 13.7. The monoisotopic (exact) mass is 668 g/mol. The van der Waals surface area contributed by atoms with Crippen molar-refractivity contribution < 1.29 is 32.2 Å². The molecule has 0 saturated heterocycles. The summed E-state index contributed by atoms with van der Waals surface area (Å²) in [6.07, 6.45) is -4.66. The van der Waals surface area contributed by atoms with Gasteiger partial charge in [-0.3, -0.25) is 10.2 Å². The van der Waals surface area contributed by atoms with Gasteiger partial charge in [0, 0.05) is 31.6 Å². The predicted molar refractivity (Wildman–Crippen MR) is 179 cm³/mol. The lowest BCUT2D eigenvalue weighted by molar-refractivity contribution is -0.137. The Morgan fingerprint density at radius 3 is 2.11 bits per heavy atom. The average Bonchev–Trinajstić information content (AvgIpc) is 3.02. The molecule has 0 aromatic heterocycles. The number of nitrogens with zero attached hydrogens (tertiary/aromatic N) is 1. The lowest BCUT2D eigenvalue weighted by atomic mass is 9.90. The van der Waals surface area contributed by atoms with Crippen molar-refractivity contribution in [2.45, 2.75) is 51.4 Å². The zero-order valence-corrected chi connectivity index (χ0v) is 27.7. The van der Waals surface area contributed by atoms with Gasteiger partial charge in [0.15, 0.2) is 0 Å². The third-order valence-electron chi connectivity index (χ3n) is 7.32. The molecular weight excluding hydrogens is 629 g/mol. The number of rotatable bonds is 13. The molecular formula is C37H40ClF3N2O4. The van der Waals surface area contributed by atoms with Crippen molar-refractivity contribution in [3.8, 4) is 11.5 Å². The summed E-state index contributed by atoms with van der Waals surface area (Å²) in [5.41, 5.74) is 1.44. The van der Waals surface area contributed by atoms with E-state index in [0.717, 1.165) is 17.2 Å². The number of amides is 1. The van der Waals surface area contributed by atoms with Gasteiger partial charge in [0.2, 0.25) is 0 Å². The molecule has 0 fully saturated rings. The molecule has 0 unspecified atom stereocenters. The first-order chi connectivity index (χ1) is 22.3. The van der Waals surface area contributed by atoms with Crippen LogP contribution < -0.4 is 14.8 Å². The Kier molecular flexibility index (Phi) is 12.2. The van der Waals surface area contributed by atoms with E-state index in [-0.39, 0.29) is 24.1 Å². The number of carbonyl (C=O) groups is 1. The molecule has 0 bridgehead atoms. The fourth-order valence-corrected chi connectivity index (χ4v) is 5.46. The summed E-state index contributed by atoms with van der Waals surface area (Å²) in [4.78, 5) is 14.6. The minimum atomic E-state index is -4.57. The minimum Gasteiger partial charge on any atom is -0.497 e. The number of anilines is 1. The standard InChI is InChI=1S/C37H40ClF3N2O4/c1-36(2,3)47-35(44)42-32-20-19-29(45-4)23-33(32)46-22-12-21-43(24-28-17-11-18-31(34(28)38)37(39,40)41)25-30(26-13-7-5-8-14-26)27-15-9-6-10-16-27/h5-11,13-20,23,30H,12,21-22,24-25H2,1-4H3,(H,42,44). The van der Waals surface area contributed by atoms with Crippen LogP contribution in [-0.4, -0.2) is 43.4 Å². The third-order valence-corrected chi connectivity index (χ3v) is 7.77. The second kappa shape index (κ2) is 16.1. The molecule has 0 spiro atoms. The molecule has 0 aliphatic carbocycles. The van der Waals surface area contributed by atoms with E-state index < -0.39 is 23.4 Å². The van der Waals surface area contributed by atoms with Crippen LogP contribution in [0.15, 0.2) is 97.1 Å². The lowest BCUT2D eigenvalue weighted by Crippen LogP contribution is -2.31. The molecule has 4 aromatic rings. The average molecular weight is 669 g/mol. The van der Waals surface area contributed by atoms with E-state index in [1.54, 1.807) is 45.0 Å². The normalized spacial score (nSPS) is 11.9. The number of carbonyl (C=O) groups excluding carboxylic acids is 1. The maximum absolute atomic E-state index is 13.7. The van der Waals surface area contributed by atoms with Crippen LogP contribution in [0.3, 0.4) is 0 Å². The Hall–Kier alpha value is -4.21. The summed E-state index contributed by atoms with van der Waals surface area (Å²) in [6.45, 7) is 6.78. The van der Waals surface area contributed by atoms with Gasteiger partial charge in [0.05, 0.1) is 30.0 Å². The lowest BCUT2D eigenvalue weighted by Gasteiger charge is -2.29. The minimum absolute atomic E-state index is 0.0501. The topological polar surface area (TPSA) is 60.0 Å². The highest BCUT2D eigenvalue weighted by Crippen LogP contribution is 2.37. The van der Waals surface area contributed by atoms with E-state index in [0.29, 0.717) is 42.3 Å². The number of benzene rings is 4. The molecule has 0 atom stereocenters. The molecule has 0 radical (unpaired) electrons. The molecule has 1 amide bonds. The number of alkyl halides is 3. The Morgan fingerprint density at radius 1 is 0.894 bits per heavy atom. The fourth-order valence-electron chi connectivity index (χ4n) is 5.16. The fraction of sp³-hybridized carbons (Fsp3) is 0.324. The van der Waals surface area contributed by atoms with E-state index in [2.05, 4.69) is 34.5 Å². The summed E-state index contributed by atoms with van der Waals surface area (Å²) < 4.78 is 58.0. The van der Waals surface area contributed by atoms with E-state index in [1.807, 2.05) is 36.4 Å². The first-order valence-electron chi connectivity index (χ1n) is 15.3. The van der Waals surface area contributed by atoms with Crippen LogP contribution in [0, 0.1) is 0 Å². The van der Waals surface area contributed by atoms with Gasteiger partial charge < -0.3 is 14.2 Å². The predicted octanol–water partition coefficient (Wildman–Crippen LogP) is 9.82. The summed E-state index contributed by atoms with van der Waals surface area (Å²) in [5, 5.41) is 2.43. The Balaban J connectivity index is 1.56. The first-order valence-corrected chi connectivity index (χ1v) is 15.7. The molecule has 0 aliphatic heterocycles. The number of nitrogens with one attached hydrogen (secondary N) is 1. The van der Waals surface area contributed by atoms with Crippen LogP contribution in [-0.2, 0) is 17.5 Å². The van der Waals surface area contributed by atoms with Gasteiger partial charge in [0.1, 0.15) is 17.1 Å². The number of hydrogen-bond acceptors (Lipinski definition) is 5. The number of hydrogen-bond donors (Lipinski definition) is 1. The zero-order chi connectivity index (χ0) is 34.0. The zero-order valence-electron chi connectivity index (χ0n) is 26.9. The number of halogens is 4. The molecule has 250 valence electrons. The Labute approximate surface area is 279 Å². The second-order valence-electron chi connectivity index (χ2n) is 12.1. The van der Waals surface area contributed by atoms with Gasteiger partial charge in [-0.15, -0.1) is 0 Å². The number of ether oxygens (including phenoxy) is 3. The van der Waals surface area contributed by atoms with Gasteiger partial charge in [-0.2, -0.15) is 13.2 Å². The van der Waals surface area contributed by atoms with E-state index in [9.17, 15) is 18.0 Å². The third kappa shape index (κ3) is 10.7. The molecule has 6 nitrogen and oxygen atoms in total. The highest BCUT2D eigenvalue weighted by Gasteiger charge is 2.34. The van der Waals surface area contributed by atoms with Gasteiger partial charge in [-0.1, -0.05) is 84.4 Å². The molecule has 4 rings (SSSR count). The van der Waals surface area contributed by atoms with Gasteiger partial charge >= 0.3 is 12.3 Å². The molecule has 10 heteroatoms. The van der Waals surface area contributed by atoms with Gasteiger partial charge in [-0.25, -0.2) is 4.79 Å². The van der Waals surface area contributed by atoms with Crippen LogP contribution in [0.2, 0.25) is 5.02 Å². The Morgan fingerprint density at radius 2 is 1.53 bits per heavy atom. The quantitative estimate of drug-likeness (QED) is 0.144. The molecule has 1 N–H and O–H groups in total. The molecule has 4 aromatic carbocycles. The van der Waals surface area contributed by atoms with Gasteiger partial charge in [0.25, 0.3) is 0 Å². The smallest absolute Gasteiger partial charge is 0.417 e. The summed E-state index contributed by atoms with van der Waals surface area (Å²) in [6, 6.07) is 29.1. The van der Waals surface area contributed by atoms with Crippen LogP contribution in [0.1, 0.15) is 55.4 Å². The van der Waals surface area contributed by atoms with Crippen molar-refractivity contribution in [3.05, 3.63) is 124 Å². The van der Waals surface area contributed by atoms with Crippen molar-refractivity contribution in [2.75, 3.05) is 32.1 Å². The van der Waals surface area contributed by atoms with Crippen molar-refractivity contribution in [1.82, 2.24) is 4.90 Å². The molecule has 47 heavy (non-hydrogen) atoms. The van der Waals surface area contributed by atoms with Crippen LogP contribution in [0.4, 0.5) is 23.7 Å². The van der Waals surface area contributed by atoms with Crippen molar-refractivity contribution >= 4 is 23.4 Å². The molecule has 0 saturated carbocycles. The van der Waals surface area contributed by atoms with E-state index in [1.165, 1.54) is 13.2 Å². The largest absolute Gasteiger partial charge is 0.497 e. The molecule has 0 aliphatic rings. The van der Waals surface area contributed by atoms with E-state index in [4.69, 9.17) is 25.8 Å². The second-order valence-corrected chi connectivity index (χ2v) is 12.5. The number of methoxy groups -OCH3 is 1. The summed E-state index contributed by atoms with van der Waals surface area (Å²) in [7, 11) is 1.53. The van der Waals surface area contributed by atoms with Crippen molar-refractivity contribution in [2.24, 2.45) is 0 Å². The maximum Gasteiger partial charge on any atom is 0.417 e.